The van der Waals surface area contributed by atoms with Gasteiger partial charge in [-0.25, -0.2) is 9.78 Å². The fraction of sp³-hybridized carbons (Fsp3) is 0.136. The van der Waals surface area contributed by atoms with E-state index >= 15 is 0 Å². The van der Waals surface area contributed by atoms with E-state index in [1.165, 1.54) is 4.57 Å². The number of pyridine rings is 1. The highest BCUT2D eigenvalue weighted by Crippen LogP contribution is 2.32. The van der Waals surface area contributed by atoms with Crippen molar-refractivity contribution >= 4 is 11.0 Å². The van der Waals surface area contributed by atoms with Crippen LogP contribution in [0.3, 0.4) is 0 Å². The number of H-pyrrole nitrogens is 1. The van der Waals surface area contributed by atoms with Crippen molar-refractivity contribution < 1.29 is 9.47 Å². The van der Waals surface area contributed by atoms with Crippen molar-refractivity contribution in [3.8, 4) is 22.6 Å². The molecule has 4 aromatic rings. The van der Waals surface area contributed by atoms with Gasteiger partial charge < -0.3 is 9.47 Å². The number of nitrogens with zero attached hydrogens (tertiary/aromatic N) is 2. The van der Waals surface area contributed by atoms with E-state index in [9.17, 15) is 9.59 Å². The Bertz CT molecular complexity index is 1290. The molecule has 0 spiro atoms. The Kier molecular flexibility index (Phi) is 4.87. The largest absolute Gasteiger partial charge is 0.493 e. The Balaban J connectivity index is 1.85. The third kappa shape index (κ3) is 3.50. The molecule has 7 nitrogen and oxygen atoms in total. The molecule has 29 heavy (non-hydrogen) atoms. The summed E-state index contributed by atoms with van der Waals surface area (Å²) < 4.78 is 12.1. The maximum Gasteiger partial charge on any atom is 0.330 e. The summed E-state index contributed by atoms with van der Waals surface area (Å²) in [5, 5.41) is 0.341. The molecule has 146 valence electrons. The molecule has 2 heterocycles. The predicted octanol–water partition coefficient (Wildman–Crippen LogP) is 2.82. The number of fused-ring (bicyclic) bond motifs is 1. The average Bonchev–Trinajstić information content (AvgIpc) is 2.76. The number of nitrogens with one attached hydrogen (secondary N) is 1. The van der Waals surface area contributed by atoms with Gasteiger partial charge in [-0.2, -0.15) is 0 Å². The fourth-order valence-electron chi connectivity index (χ4n) is 3.25. The van der Waals surface area contributed by atoms with Crippen LogP contribution in [0, 0.1) is 0 Å². The lowest BCUT2D eigenvalue weighted by Crippen LogP contribution is -2.31. The lowest BCUT2D eigenvalue weighted by molar-refractivity contribution is 0.355. The third-order valence-electron chi connectivity index (χ3n) is 4.73. The molecule has 0 aliphatic carbocycles. The first kappa shape index (κ1) is 18.5. The summed E-state index contributed by atoms with van der Waals surface area (Å²) >= 11 is 0. The number of hydrogen-bond donors (Lipinski definition) is 1. The molecule has 0 saturated carbocycles. The van der Waals surface area contributed by atoms with E-state index in [1.54, 1.807) is 32.5 Å². The van der Waals surface area contributed by atoms with E-state index < -0.39 is 11.2 Å². The molecule has 0 bridgehead atoms. The maximum absolute atomic E-state index is 12.5. The van der Waals surface area contributed by atoms with Crippen molar-refractivity contribution in [3.63, 3.8) is 0 Å². The Morgan fingerprint density at radius 1 is 0.931 bits per heavy atom. The molecule has 0 unspecified atom stereocenters. The van der Waals surface area contributed by atoms with Gasteiger partial charge in [0.15, 0.2) is 11.5 Å². The zero-order valence-corrected chi connectivity index (χ0v) is 16.0. The van der Waals surface area contributed by atoms with Crippen LogP contribution in [0.25, 0.3) is 22.2 Å². The second-order valence-electron chi connectivity index (χ2n) is 6.50. The topological polar surface area (TPSA) is 86.2 Å². The number of aromatic amines is 1. The molecule has 1 N–H and O–H groups in total. The van der Waals surface area contributed by atoms with Crippen LogP contribution >= 0.6 is 0 Å². The normalized spacial score (nSPS) is 10.8. The first-order chi connectivity index (χ1) is 14.1. The van der Waals surface area contributed by atoms with Gasteiger partial charge in [-0.3, -0.25) is 14.3 Å². The Morgan fingerprint density at radius 2 is 1.69 bits per heavy atom. The molecular formula is C22H19N3O4. The van der Waals surface area contributed by atoms with Crippen LogP contribution < -0.4 is 20.7 Å². The smallest absolute Gasteiger partial charge is 0.330 e. The molecule has 7 heteroatoms. The van der Waals surface area contributed by atoms with Gasteiger partial charge in [-0.1, -0.05) is 36.4 Å². The monoisotopic (exact) mass is 389 g/mol. The molecule has 0 radical (unpaired) electrons. The van der Waals surface area contributed by atoms with E-state index in [4.69, 9.17) is 9.47 Å². The Labute approximate surface area is 166 Å². The summed E-state index contributed by atoms with van der Waals surface area (Å²) in [7, 11) is 3.13. The zero-order valence-electron chi connectivity index (χ0n) is 16.0. The number of benzene rings is 2. The summed E-state index contributed by atoms with van der Waals surface area (Å²) in [4.78, 5) is 31.7. The van der Waals surface area contributed by atoms with Crippen LogP contribution in [0.2, 0.25) is 0 Å². The number of ether oxygens (including phenoxy) is 2. The van der Waals surface area contributed by atoms with E-state index in [0.29, 0.717) is 29.1 Å². The van der Waals surface area contributed by atoms with Gasteiger partial charge in [-0.15, -0.1) is 0 Å². The second kappa shape index (κ2) is 7.63. The summed E-state index contributed by atoms with van der Waals surface area (Å²) in [6.07, 6.45) is 1.64. The van der Waals surface area contributed by atoms with E-state index in [0.717, 1.165) is 16.7 Å². The minimum atomic E-state index is -0.488. The van der Waals surface area contributed by atoms with Crippen LogP contribution in [-0.2, 0) is 6.54 Å². The lowest BCUT2D eigenvalue weighted by atomic mass is 10.1. The van der Waals surface area contributed by atoms with Gasteiger partial charge in [0.1, 0.15) is 5.65 Å². The number of aromatic nitrogens is 3. The highest BCUT2D eigenvalue weighted by molar-refractivity contribution is 5.81. The molecule has 0 aliphatic heterocycles. The average molecular weight is 389 g/mol. The number of hydrogen-bond acceptors (Lipinski definition) is 5. The van der Waals surface area contributed by atoms with Crippen molar-refractivity contribution in [2.45, 2.75) is 6.54 Å². The van der Waals surface area contributed by atoms with Crippen LogP contribution in [0.1, 0.15) is 5.56 Å². The number of methoxy groups -OCH3 is 2. The van der Waals surface area contributed by atoms with Gasteiger partial charge in [0.05, 0.1) is 26.2 Å². The maximum atomic E-state index is 12.5. The standard InChI is InChI=1S/C22H19N3O4/c1-28-18-9-8-15(11-19(18)29-2)16-10-17-20(23-12-16)25(22(27)24-21(17)26)13-14-6-4-3-5-7-14/h3-12H,13H2,1-2H3,(H,24,26,27). The Hall–Kier alpha value is -3.87. The van der Waals surface area contributed by atoms with Gasteiger partial charge in [0.25, 0.3) is 5.56 Å². The third-order valence-corrected chi connectivity index (χ3v) is 4.73. The molecule has 0 aliphatic rings. The van der Waals surface area contributed by atoms with Gasteiger partial charge in [0.2, 0.25) is 0 Å². The van der Waals surface area contributed by atoms with E-state index in [-0.39, 0.29) is 0 Å². The van der Waals surface area contributed by atoms with Crippen molar-refractivity contribution in [2.24, 2.45) is 0 Å². The molecule has 4 rings (SSSR count). The van der Waals surface area contributed by atoms with Crippen LogP contribution in [0.15, 0.2) is 70.4 Å². The molecule has 0 saturated heterocycles. The summed E-state index contributed by atoms with van der Waals surface area (Å²) in [6, 6.07) is 16.7. The SMILES string of the molecule is COc1ccc(-c2cnc3c(c2)c(=O)[nH]c(=O)n3Cc2ccccc2)cc1OC. The minimum Gasteiger partial charge on any atom is -0.493 e. The van der Waals surface area contributed by atoms with Gasteiger partial charge in [0, 0.05) is 11.8 Å². The highest BCUT2D eigenvalue weighted by Gasteiger charge is 2.12. The highest BCUT2D eigenvalue weighted by atomic mass is 16.5. The molecule has 0 amide bonds. The van der Waals surface area contributed by atoms with Crippen molar-refractivity contribution in [2.75, 3.05) is 14.2 Å². The second-order valence-corrected chi connectivity index (χ2v) is 6.50. The summed E-state index contributed by atoms with van der Waals surface area (Å²) in [5.41, 5.74) is 1.87. The number of rotatable bonds is 5. The fourth-order valence-corrected chi connectivity index (χ4v) is 3.25. The Morgan fingerprint density at radius 3 is 2.41 bits per heavy atom. The summed E-state index contributed by atoms with van der Waals surface area (Å²) in [6.45, 7) is 0.315. The van der Waals surface area contributed by atoms with Gasteiger partial charge >= 0.3 is 5.69 Å². The van der Waals surface area contributed by atoms with Crippen LogP contribution in [0.5, 0.6) is 11.5 Å². The molecular weight excluding hydrogens is 370 g/mol. The summed E-state index contributed by atoms with van der Waals surface area (Å²) in [5.74, 6) is 1.19. The van der Waals surface area contributed by atoms with Crippen LogP contribution in [-0.4, -0.2) is 28.8 Å². The van der Waals surface area contributed by atoms with E-state index in [1.807, 2.05) is 42.5 Å². The molecule has 0 atom stereocenters. The zero-order chi connectivity index (χ0) is 20.4. The lowest BCUT2D eigenvalue weighted by Gasteiger charge is -2.12. The minimum absolute atomic E-state index is 0.315. The first-order valence-electron chi connectivity index (χ1n) is 9.00. The van der Waals surface area contributed by atoms with Crippen LogP contribution in [0.4, 0.5) is 0 Å². The predicted molar refractivity (Wildman–Crippen MR) is 111 cm³/mol. The molecule has 2 aromatic carbocycles. The molecule has 0 fully saturated rings. The first-order valence-corrected chi connectivity index (χ1v) is 9.00. The molecule has 2 aromatic heterocycles. The van der Waals surface area contributed by atoms with E-state index in [2.05, 4.69) is 9.97 Å². The van der Waals surface area contributed by atoms with Crippen molar-refractivity contribution in [3.05, 3.63) is 87.2 Å². The van der Waals surface area contributed by atoms with Crippen molar-refractivity contribution in [1.29, 1.82) is 0 Å². The quantitative estimate of drug-likeness (QED) is 0.567. The van der Waals surface area contributed by atoms with Gasteiger partial charge in [-0.05, 0) is 29.3 Å². The van der Waals surface area contributed by atoms with Crippen molar-refractivity contribution in [1.82, 2.24) is 14.5 Å².